The van der Waals surface area contributed by atoms with Gasteiger partial charge in [0.2, 0.25) is 0 Å². The van der Waals surface area contributed by atoms with E-state index in [0.717, 1.165) is 28.8 Å². The first-order valence-electron chi connectivity index (χ1n) is 6.17. The van der Waals surface area contributed by atoms with E-state index in [0.29, 0.717) is 11.0 Å². The summed E-state index contributed by atoms with van der Waals surface area (Å²) in [5.41, 5.74) is 2.02. The molecule has 0 saturated heterocycles. The van der Waals surface area contributed by atoms with E-state index in [9.17, 15) is 4.79 Å². The Morgan fingerprint density at radius 3 is 2.68 bits per heavy atom. The molecule has 0 fully saturated rings. The molecule has 6 heteroatoms. The molecule has 2 aromatic heterocycles. The minimum Gasteiger partial charge on any atom is -0.309 e. The molecular formula is C13H15Br2N3O. The van der Waals surface area contributed by atoms with Crippen molar-refractivity contribution < 1.29 is 0 Å². The number of rotatable bonds is 4. The summed E-state index contributed by atoms with van der Waals surface area (Å²) in [6.07, 6.45) is 2.66. The van der Waals surface area contributed by atoms with Gasteiger partial charge in [-0.2, -0.15) is 5.10 Å². The first-order chi connectivity index (χ1) is 9.08. The van der Waals surface area contributed by atoms with Crippen LogP contribution in [-0.4, -0.2) is 14.3 Å². The number of aromatic nitrogens is 3. The summed E-state index contributed by atoms with van der Waals surface area (Å²) in [7, 11) is 0. The molecule has 2 rings (SSSR count). The molecule has 2 aromatic rings. The topological polar surface area (TPSA) is 39.8 Å². The molecular weight excluding hydrogens is 374 g/mol. The average Bonchev–Trinajstić information content (AvgIpc) is 2.71. The largest absolute Gasteiger partial charge is 0.309 e. The molecule has 0 aliphatic heterocycles. The third kappa shape index (κ3) is 2.84. The van der Waals surface area contributed by atoms with Crippen molar-refractivity contribution in [1.29, 1.82) is 0 Å². The monoisotopic (exact) mass is 387 g/mol. The van der Waals surface area contributed by atoms with Crippen LogP contribution in [0.5, 0.6) is 0 Å². The van der Waals surface area contributed by atoms with Crippen LogP contribution in [0.15, 0.2) is 32.1 Å². The summed E-state index contributed by atoms with van der Waals surface area (Å²) in [5.74, 6) is 0. The van der Waals surface area contributed by atoms with Gasteiger partial charge in [0.15, 0.2) is 0 Å². The number of aryl methyl sites for hydroxylation is 2. The second-order valence-electron chi connectivity index (χ2n) is 4.17. The van der Waals surface area contributed by atoms with Crippen molar-refractivity contribution in [3.05, 3.63) is 49.0 Å². The van der Waals surface area contributed by atoms with Crippen LogP contribution in [0.1, 0.15) is 25.2 Å². The van der Waals surface area contributed by atoms with Crippen LogP contribution in [0, 0.1) is 0 Å². The maximum atomic E-state index is 12.0. The molecule has 0 unspecified atom stereocenters. The van der Waals surface area contributed by atoms with Crippen molar-refractivity contribution >= 4 is 31.9 Å². The molecule has 0 atom stereocenters. The van der Waals surface area contributed by atoms with Gasteiger partial charge in [0, 0.05) is 12.7 Å². The highest BCUT2D eigenvalue weighted by atomic mass is 79.9. The Morgan fingerprint density at radius 1 is 1.32 bits per heavy atom. The molecule has 0 aliphatic carbocycles. The van der Waals surface area contributed by atoms with E-state index in [4.69, 9.17) is 0 Å². The summed E-state index contributed by atoms with van der Waals surface area (Å²) in [5, 5.41) is 4.54. The Labute approximate surface area is 128 Å². The predicted octanol–water partition coefficient (Wildman–Crippen LogP) is 3.20. The third-order valence-corrected chi connectivity index (χ3v) is 4.51. The van der Waals surface area contributed by atoms with E-state index >= 15 is 0 Å². The Hall–Kier alpha value is -0.880. The summed E-state index contributed by atoms with van der Waals surface area (Å²) >= 11 is 6.86. The van der Waals surface area contributed by atoms with Gasteiger partial charge in [-0.1, -0.05) is 6.92 Å². The lowest BCUT2D eigenvalue weighted by Crippen LogP contribution is -2.22. The maximum absolute atomic E-state index is 12.0. The summed E-state index contributed by atoms with van der Waals surface area (Å²) < 4.78 is 5.20. The number of halogens is 2. The van der Waals surface area contributed by atoms with Gasteiger partial charge < -0.3 is 4.57 Å². The normalized spacial score (nSPS) is 10.9. The fourth-order valence-electron chi connectivity index (χ4n) is 1.96. The van der Waals surface area contributed by atoms with Crippen molar-refractivity contribution in [2.75, 3.05) is 0 Å². The molecule has 0 aromatic carbocycles. The maximum Gasteiger partial charge on any atom is 0.265 e. The van der Waals surface area contributed by atoms with Crippen molar-refractivity contribution in [2.45, 2.75) is 33.4 Å². The smallest absolute Gasteiger partial charge is 0.265 e. The van der Waals surface area contributed by atoms with Crippen LogP contribution in [0.2, 0.25) is 0 Å². The van der Waals surface area contributed by atoms with Gasteiger partial charge in [0.25, 0.3) is 5.56 Å². The van der Waals surface area contributed by atoms with Crippen LogP contribution in [0.4, 0.5) is 0 Å². The average molecular weight is 389 g/mol. The van der Waals surface area contributed by atoms with Crippen LogP contribution >= 0.6 is 31.9 Å². The van der Waals surface area contributed by atoms with E-state index < -0.39 is 0 Å². The fourth-order valence-corrected chi connectivity index (χ4v) is 3.03. The lowest BCUT2D eigenvalue weighted by Gasteiger charge is -2.08. The Kier molecular flexibility index (Phi) is 4.62. The van der Waals surface area contributed by atoms with Gasteiger partial charge in [-0.05, 0) is 57.3 Å². The lowest BCUT2D eigenvalue weighted by molar-refractivity contribution is 0.588. The van der Waals surface area contributed by atoms with Crippen molar-refractivity contribution in [3.63, 3.8) is 0 Å². The van der Waals surface area contributed by atoms with E-state index in [-0.39, 0.29) is 5.56 Å². The Morgan fingerprint density at radius 2 is 2.05 bits per heavy atom. The number of nitrogens with zero attached hydrogens (tertiary/aromatic N) is 3. The van der Waals surface area contributed by atoms with Gasteiger partial charge in [-0.3, -0.25) is 9.48 Å². The van der Waals surface area contributed by atoms with Crippen molar-refractivity contribution in [1.82, 2.24) is 14.3 Å². The molecule has 0 N–H and O–H groups in total. The molecule has 2 heterocycles. The van der Waals surface area contributed by atoms with Gasteiger partial charge in [0.1, 0.15) is 0 Å². The third-order valence-electron chi connectivity index (χ3n) is 2.99. The summed E-state index contributed by atoms with van der Waals surface area (Å²) in [4.78, 5) is 12.0. The van der Waals surface area contributed by atoms with Gasteiger partial charge >= 0.3 is 0 Å². The highest BCUT2D eigenvalue weighted by Gasteiger charge is 2.14. The van der Waals surface area contributed by atoms with E-state index in [1.165, 1.54) is 0 Å². The highest BCUT2D eigenvalue weighted by molar-refractivity contribution is 9.10. The zero-order valence-electron chi connectivity index (χ0n) is 10.9. The van der Waals surface area contributed by atoms with Crippen molar-refractivity contribution in [3.8, 4) is 0 Å². The van der Waals surface area contributed by atoms with Crippen LogP contribution < -0.4 is 5.56 Å². The molecule has 19 heavy (non-hydrogen) atoms. The minimum atomic E-state index is -0.0312. The molecule has 0 amide bonds. The van der Waals surface area contributed by atoms with Crippen molar-refractivity contribution in [2.24, 2.45) is 0 Å². The molecule has 0 aliphatic rings. The Balaban J connectivity index is 2.46. The van der Waals surface area contributed by atoms with E-state index in [1.54, 1.807) is 16.8 Å². The zero-order chi connectivity index (χ0) is 14.0. The lowest BCUT2D eigenvalue weighted by atomic mass is 10.3. The molecule has 102 valence electrons. The first-order valence-corrected chi connectivity index (χ1v) is 7.76. The summed E-state index contributed by atoms with van der Waals surface area (Å²) in [6, 6.07) is 3.61. The van der Waals surface area contributed by atoms with Crippen LogP contribution in [0.3, 0.4) is 0 Å². The predicted molar refractivity (Wildman–Crippen MR) is 82.5 cm³/mol. The second kappa shape index (κ2) is 6.05. The number of hydrogen-bond donors (Lipinski definition) is 0. The van der Waals surface area contributed by atoms with Crippen LogP contribution in [0.25, 0.3) is 0 Å². The van der Waals surface area contributed by atoms with E-state index in [1.807, 2.05) is 17.7 Å². The SMILES string of the molecule is CCc1nn(CC)c(Cn2cccc(Br)c2=O)c1Br. The summed E-state index contributed by atoms with van der Waals surface area (Å²) in [6.45, 7) is 5.42. The van der Waals surface area contributed by atoms with Gasteiger partial charge in [0.05, 0.1) is 26.9 Å². The molecule has 0 spiro atoms. The standard InChI is InChI=1S/C13H15Br2N3O/c1-3-10-12(15)11(18(4-2)16-10)8-17-7-5-6-9(14)13(17)19/h5-7H,3-4,8H2,1-2H3. The molecule has 0 radical (unpaired) electrons. The molecule has 0 saturated carbocycles. The molecule has 4 nitrogen and oxygen atoms in total. The second-order valence-corrected chi connectivity index (χ2v) is 5.81. The van der Waals surface area contributed by atoms with Gasteiger partial charge in [-0.15, -0.1) is 0 Å². The number of pyridine rings is 1. The number of hydrogen-bond acceptors (Lipinski definition) is 2. The first kappa shape index (κ1) is 14.5. The molecule has 0 bridgehead atoms. The minimum absolute atomic E-state index is 0.0312. The zero-order valence-corrected chi connectivity index (χ0v) is 14.0. The highest BCUT2D eigenvalue weighted by Crippen LogP contribution is 2.23. The van der Waals surface area contributed by atoms with E-state index in [2.05, 4.69) is 43.9 Å². The van der Waals surface area contributed by atoms with Crippen LogP contribution in [-0.2, 0) is 19.5 Å². The quantitative estimate of drug-likeness (QED) is 0.806. The fraction of sp³-hybridized carbons (Fsp3) is 0.385. The Bertz CT molecular complexity index is 646. The van der Waals surface area contributed by atoms with Gasteiger partial charge in [-0.25, -0.2) is 0 Å².